The monoisotopic (exact) mass is 406 g/mol. The van der Waals surface area contributed by atoms with Crippen molar-refractivity contribution in [1.82, 2.24) is 25.1 Å². The highest BCUT2D eigenvalue weighted by atomic mass is 15.2. The van der Waals surface area contributed by atoms with E-state index in [1.807, 2.05) is 6.07 Å². The van der Waals surface area contributed by atoms with Gasteiger partial charge in [0.15, 0.2) is 5.96 Å². The summed E-state index contributed by atoms with van der Waals surface area (Å²) in [7, 11) is 4.17. The van der Waals surface area contributed by atoms with Crippen molar-refractivity contribution in [1.29, 1.82) is 0 Å². The van der Waals surface area contributed by atoms with Crippen molar-refractivity contribution in [2.45, 2.75) is 39.9 Å². The summed E-state index contributed by atoms with van der Waals surface area (Å²) in [6, 6.07) is 17.0. The van der Waals surface area contributed by atoms with Gasteiger partial charge in [0.2, 0.25) is 0 Å². The fourth-order valence-corrected chi connectivity index (χ4v) is 3.55. The molecule has 0 unspecified atom stereocenters. The summed E-state index contributed by atoms with van der Waals surface area (Å²) in [5.74, 6) is 1.93. The molecule has 0 saturated heterocycles. The number of rotatable bonds is 9. The number of hydrogen-bond acceptors (Lipinski definition) is 3. The van der Waals surface area contributed by atoms with Gasteiger partial charge in [0, 0.05) is 26.2 Å². The summed E-state index contributed by atoms with van der Waals surface area (Å²) in [6.45, 7) is 8.43. The van der Waals surface area contributed by atoms with Gasteiger partial charge in [-0.05, 0) is 57.6 Å². The predicted molar refractivity (Wildman–Crippen MR) is 126 cm³/mol. The Labute approximate surface area is 180 Å². The fraction of sp³-hybridized carbons (Fsp3) is 0.417. The molecule has 0 aliphatic heterocycles. The fourth-order valence-electron chi connectivity index (χ4n) is 3.55. The van der Waals surface area contributed by atoms with E-state index in [4.69, 9.17) is 4.99 Å². The molecule has 0 spiro atoms. The zero-order valence-electron chi connectivity index (χ0n) is 18.7. The molecule has 0 saturated carbocycles. The Kier molecular flexibility index (Phi) is 7.85. The van der Waals surface area contributed by atoms with Crippen LogP contribution in [0.15, 0.2) is 53.5 Å². The van der Waals surface area contributed by atoms with Gasteiger partial charge < -0.3 is 20.1 Å². The summed E-state index contributed by atoms with van der Waals surface area (Å²) in [5.41, 5.74) is 4.80. The Balaban J connectivity index is 1.52. The minimum atomic E-state index is 0.669. The lowest BCUT2D eigenvalue weighted by Crippen LogP contribution is -2.38. The van der Waals surface area contributed by atoms with Gasteiger partial charge in [0.1, 0.15) is 5.82 Å². The van der Waals surface area contributed by atoms with Crippen LogP contribution in [0.2, 0.25) is 0 Å². The van der Waals surface area contributed by atoms with Crippen molar-refractivity contribution >= 4 is 17.0 Å². The number of aromatic nitrogens is 2. The second-order valence-electron chi connectivity index (χ2n) is 7.83. The van der Waals surface area contributed by atoms with E-state index in [9.17, 15) is 0 Å². The molecule has 0 fully saturated rings. The number of imidazole rings is 1. The van der Waals surface area contributed by atoms with E-state index in [0.717, 1.165) is 49.9 Å². The van der Waals surface area contributed by atoms with Gasteiger partial charge in [-0.3, -0.25) is 0 Å². The van der Waals surface area contributed by atoms with Gasteiger partial charge >= 0.3 is 0 Å². The van der Waals surface area contributed by atoms with E-state index in [1.165, 1.54) is 16.6 Å². The Bertz CT molecular complexity index is 955. The minimum absolute atomic E-state index is 0.669. The van der Waals surface area contributed by atoms with Gasteiger partial charge in [-0.2, -0.15) is 0 Å². The normalized spacial score (nSPS) is 12.0. The van der Waals surface area contributed by atoms with E-state index in [-0.39, 0.29) is 0 Å². The van der Waals surface area contributed by atoms with E-state index in [1.54, 1.807) is 0 Å². The topological polar surface area (TPSA) is 57.5 Å². The lowest BCUT2D eigenvalue weighted by molar-refractivity contribution is 0.402. The number of aliphatic imine (C=N–C) groups is 1. The van der Waals surface area contributed by atoms with Crippen LogP contribution in [0.25, 0.3) is 11.0 Å². The van der Waals surface area contributed by atoms with E-state index in [2.05, 4.69) is 95.5 Å². The highest BCUT2D eigenvalue weighted by Crippen LogP contribution is 2.15. The Morgan fingerprint density at radius 1 is 1.03 bits per heavy atom. The summed E-state index contributed by atoms with van der Waals surface area (Å²) in [6.07, 6.45) is 1.00. The molecule has 160 valence electrons. The molecule has 0 radical (unpaired) electrons. The highest BCUT2D eigenvalue weighted by Gasteiger charge is 2.06. The van der Waals surface area contributed by atoms with Crippen molar-refractivity contribution in [2.24, 2.45) is 4.99 Å². The zero-order chi connectivity index (χ0) is 21.3. The second-order valence-corrected chi connectivity index (χ2v) is 7.83. The number of hydrogen-bond donors (Lipinski definition) is 2. The standard InChI is InChI=1S/C24H34N6/c1-5-25-24(27-17-20-11-13-21(14-12-20)18-29(3)4)26-15-8-16-30-19(2)28-22-9-6-7-10-23(22)30/h6-7,9-14H,5,8,15-18H2,1-4H3,(H2,25,26,27). The first-order valence-electron chi connectivity index (χ1n) is 10.7. The number of nitrogens with one attached hydrogen (secondary N) is 2. The van der Waals surface area contributed by atoms with E-state index >= 15 is 0 Å². The van der Waals surface area contributed by atoms with Crippen molar-refractivity contribution in [3.05, 3.63) is 65.5 Å². The molecule has 6 nitrogen and oxygen atoms in total. The van der Waals surface area contributed by atoms with Crippen LogP contribution in [0.1, 0.15) is 30.3 Å². The van der Waals surface area contributed by atoms with Crippen LogP contribution >= 0.6 is 0 Å². The molecule has 1 aromatic heterocycles. The second kappa shape index (κ2) is 10.8. The molecular weight excluding hydrogens is 372 g/mol. The van der Waals surface area contributed by atoms with Crippen LogP contribution in [0, 0.1) is 6.92 Å². The maximum absolute atomic E-state index is 4.74. The van der Waals surface area contributed by atoms with Gasteiger partial charge in [-0.25, -0.2) is 9.98 Å². The molecular formula is C24H34N6. The third kappa shape index (κ3) is 6.07. The van der Waals surface area contributed by atoms with Crippen molar-refractivity contribution in [2.75, 3.05) is 27.2 Å². The van der Waals surface area contributed by atoms with E-state index < -0.39 is 0 Å². The smallest absolute Gasteiger partial charge is 0.191 e. The maximum atomic E-state index is 4.74. The van der Waals surface area contributed by atoms with Crippen LogP contribution in [-0.4, -0.2) is 47.6 Å². The average molecular weight is 407 g/mol. The van der Waals surface area contributed by atoms with Gasteiger partial charge in [-0.1, -0.05) is 36.4 Å². The molecule has 30 heavy (non-hydrogen) atoms. The van der Waals surface area contributed by atoms with Crippen molar-refractivity contribution in [3.63, 3.8) is 0 Å². The molecule has 3 aromatic rings. The number of nitrogens with zero attached hydrogens (tertiary/aromatic N) is 4. The number of benzene rings is 2. The van der Waals surface area contributed by atoms with Crippen molar-refractivity contribution < 1.29 is 0 Å². The number of aryl methyl sites for hydroxylation is 2. The quantitative estimate of drug-likeness (QED) is 0.324. The maximum Gasteiger partial charge on any atom is 0.191 e. The minimum Gasteiger partial charge on any atom is -0.357 e. The molecule has 1 heterocycles. The van der Waals surface area contributed by atoms with Gasteiger partial charge in [-0.15, -0.1) is 0 Å². The zero-order valence-corrected chi connectivity index (χ0v) is 18.7. The summed E-state index contributed by atoms with van der Waals surface area (Å²) in [4.78, 5) is 11.6. The van der Waals surface area contributed by atoms with Crippen LogP contribution < -0.4 is 10.6 Å². The van der Waals surface area contributed by atoms with Gasteiger partial charge in [0.25, 0.3) is 0 Å². The Morgan fingerprint density at radius 2 is 1.77 bits per heavy atom. The molecule has 2 N–H and O–H groups in total. The first-order chi connectivity index (χ1) is 14.6. The summed E-state index contributed by atoms with van der Waals surface area (Å²) < 4.78 is 2.29. The first-order valence-corrected chi connectivity index (χ1v) is 10.7. The third-order valence-electron chi connectivity index (χ3n) is 4.98. The largest absolute Gasteiger partial charge is 0.357 e. The lowest BCUT2D eigenvalue weighted by Gasteiger charge is -2.13. The summed E-state index contributed by atoms with van der Waals surface area (Å²) >= 11 is 0. The van der Waals surface area contributed by atoms with Crippen molar-refractivity contribution in [3.8, 4) is 0 Å². The highest BCUT2D eigenvalue weighted by molar-refractivity contribution is 5.79. The molecule has 2 aromatic carbocycles. The average Bonchev–Trinajstić information content (AvgIpc) is 3.05. The van der Waals surface area contributed by atoms with Crippen LogP contribution in [-0.2, 0) is 19.6 Å². The van der Waals surface area contributed by atoms with Gasteiger partial charge in [0.05, 0.1) is 17.6 Å². The number of fused-ring (bicyclic) bond motifs is 1. The van der Waals surface area contributed by atoms with Crippen LogP contribution in [0.5, 0.6) is 0 Å². The number of guanidine groups is 1. The molecule has 6 heteroatoms. The molecule has 0 atom stereocenters. The lowest BCUT2D eigenvalue weighted by atomic mass is 10.1. The Hall–Kier alpha value is -2.86. The Morgan fingerprint density at radius 3 is 2.50 bits per heavy atom. The van der Waals surface area contributed by atoms with Crippen LogP contribution in [0.4, 0.5) is 0 Å². The molecule has 3 rings (SSSR count). The van der Waals surface area contributed by atoms with Crippen LogP contribution in [0.3, 0.4) is 0 Å². The SMILES string of the molecule is CCNC(=NCc1ccc(CN(C)C)cc1)NCCCn1c(C)nc2ccccc21. The first kappa shape index (κ1) is 21.8. The number of para-hydroxylation sites is 2. The molecule has 0 aliphatic carbocycles. The summed E-state index contributed by atoms with van der Waals surface area (Å²) in [5, 5.41) is 6.79. The molecule has 0 bridgehead atoms. The predicted octanol–water partition coefficient (Wildman–Crippen LogP) is 3.55. The molecule has 0 aliphatic rings. The third-order valence-corrected chi connectivity index (χ3v) is 4.98. The van der Waals surface area contributed by atoms with E-state index in [0.29, 0.717) is 6.54 Å². The molecule has 0 amide bonds.